The molecule has 1 aliphatic rings. The summed E-state index contributed by atoms with van der Waals surface area (Å²) in [6.07, 6.45) is 28.9. The van der Waals surface area contributed by atoms with Crippen LogP contribution >= 0.6 is 7.82 Å². The van der Waals surface area contributed by atoms with Crippen LogP contribution in [0.1, 0.15) is 239 Å². The molecule has 0 aromatic rings. The maximum Gasteiger partial charge on any atom is 0.474 e. The summed E-state index contributed by atoms with van der Waals surface area (Å²) >= 11 is 0. The number of aliphatic hydroxyl groups is 3. The van der Waals surface area contributed by atoms with Crippen molar-refractivity contribution in [1.82, 2.24) is 0 Å². The molecule has 1 rings (SSSR count). The van der Waals surface area contributed by atoms with E-state index in [0.717, 1.165) is 45.4 Å². The van der Waals surface area contributed by atoms with E-state index in [-0.39, 0.29) is 12.8 Å². The van der Waals surface area contributed by atoms with Gasteiger partial charge >= 0.3 is 25.7 Å². The van der Waals surface area contributed by atoms with Crippen LogP contribution in [0.15, 0.2) is 0 Å². The van der Waals surface area contributed by atoms with Crippen molar-refractivity contribution in [3.05, 3.63) is 0 Å². The van der Waals surface area contributed by atoms with E-state index in [1.165, 1.54) is 154 Å². The highest BCUT2D eigenvalue weighted by molar-refractivity contribution is 7.47. The number of hydrogen-bond donors (Lipinski definition) is 4. The maximum atomic E-state index is 13.0. The third-order valence-electron chi connectivity index (χ3n) is 12.0. The lowest BCUT2D eigenvalue weighted by Gasteiger charge is -2.40. The summed E-state index contributed by atoms with van der Waals surface area (Å²) in [6, 6.07) is 0. The van der Waals surface area contributed by atoms with Gasteiger partial charge in [-0.05, 0) is 12.8 Å². The van der Waals surface area contributed by atoms with Crippen molar-refractivity contribution in [2.24, 2.45) is 0 Å². The molecule has 0 saturated carbocycles. The summed E-state index contributed by atoms with van der Waals surface area (Å²) in [4.78, 5) is 47.3. The average Bonchev–Trinajstić information content (AvgIpc) is 3.26. The van der Waals surface area contributed by atoms with Gasteiger partial charge in [0.05, 0.1) is 6.61 Å². The first-order valence-electron chi connectivity index (χ1n) is 25.7. The highest BCUT2D eigenvalue weighted by atomic mass is 31.2. The molecular formula is C49H93O14P. The highest BCUT2D eigenvalue weighted by Gasteiger charge is 2.47. The third kappa shape index (κ3) is 33.8. The smallest absolute Gasteiger partial charge is 0.463 e. The van der Waals surface area contributed by atoms with Crippen molar-refractivity contribution in [2.45, 2.75) is 276 Å². The molecule has 0 aromatic heterocycles. The summed E-state index contributed by atoms with van der Waals surface area (Å²) in [5.74, 6) is -1.76. The number of phosphoric acid groups is 1. The maximum absolute atomic E-state index is 13.0. The Bertz CT molecular complexity index is 1190. The van der Waals surface area contributed by atoms with Crippen molar-refractivity contribution < 1.29 is 67.2 Å². The van der Waals surface area contributed by atoms with Gasteiger partial charge in [-0.3, -0.25) is 23.4 Å². The predicted octanol–water partition coefficient (Wildman–Crippen LogP) is 11.2. The first kappa shape index (κ1) is 60.4. The fraction of sp³-hybridized carbons (Fsp3) is 0.939. The van der Waals surface area contributed by atoms with Crippen molar-refractivity contribution in [3.8, 4) is 0 Å². The molecule has 1 unspecified atom stereocenters. The van der Waals surface area contributed by atoms with Crippen LogP contribution in [0.4, 0.5) is 0 Å². The zero-order chi connectivity index (χ0) is 47.1. The van der Waals surface area contributed by atoms with E-state index in [1.54, 1.807) is 0 Å². The molecule has 378 valence electrons. The van der Waals surface area contributed by atoms with Gasteiger partial charge in [0.15, 0.2) is 12.4 Å². The predicted molar refractivity (Wildman–Crippen MR) is 249 cm³/mol. The van der Waals surface area contributed by atoms with Crippen LogP contribution in [0.5, 0.6) is 0 Å². The van der Waals surface area contributed by atoms with Gasteiger partial charge in [0, 0.05) is 19.8 Å². The van der Waals surface area contributed by atoms with E-state index in [0.29, 0.717) is 12.8 Å². The monoisotopic (exact) mass is 937 g/mol. The van der Waals surface area contributed by atoms with E-state index in [4.69, 9.17) is 28.0 Å². The Balaban J connectivity index is 2.47. The molecule has 0 aliphatic carbocycles. The van der Waals surface area contributed by atoms with Gasteiger partial charge < -0.3 is 39.2 Å². The van der Waals surface area contributed by atoms with Crippen LogP contribution in [0, 0.1) is 0 Å². The average molecular weight is 937 g/mol. The molecule has 1 fully saturated rings. The van der Waals surface area contributed by atoms with Crippen molar-refractivity contribution >= 4 is 25.7 Å². The summed E-state index contributed by atoms with van der Waals surface area (Å²) < 4.78 is 44.1. The zero-order valence-corrected chi connectivity index (χ0v) is 41.3. The van der Waals surface area contributed by atoms with Gasteiger partial charge in [0.1, 0.15) is 37.6 Å². The van der Waals surface area contributed by atoms with Gasteiger partial charge in [-0.2, -0.15) is 0 Å². The number of rotatable bonds is 44. The van der Waals surface area contributed by atoms with Crippen LogP contribution in [0.2, 0.25) is 0 Å². The van der Waals surface area contributed by atoms with Crippen molar-refractivity contribution in [2.75, 3.05) is 19.8 Å². The number of phosphoric ester groups is 1. The summed E-state index contributed by atoms with van der Waals surface area (Å²) in [5.41, 5.74) is 0. The van der Waals surface area contributed by atoms with Crippen LogP contribution < -0.4 is 0 Å². The van der Waals surface area contributed by atoms with E-state index in [1.807, 2.05) is 0 Å². The number of ether oxygens (including phenoxy) is 4. The lowest BCUT2D eigenvalue weighted by atomic mass is 9.99. The minimum Gasteiger partial charge on any atom is -0.463 e. The largest absolute Gasteiger partial charge is 0.474 e. The Hall–Kier alpha value is -1.64. The standard InChI is InChI=1S/C49H93O14P/c1-4-6-8-10-12-14-16-18-20-21-23-24-26-28-30-32-34-36-44(51)59-38-42(61-45(52)37-35-33-31-29-27-25-22-19-17-15-13-11-9-7-5-2)39-60-64(56,57)63-49-48(55)47(54)46(53)43(62-49)40-58-41(3)50/h42-43,46-49,53-55H,4-40H2,1-3H3,(H,56,57)/t42-,43-,46-,47+,48-,49+/m1/s1. The second-order valence-electron chi connectivity index (χ2n) is 18.1. The van der Waals surface area contributed by atoms with Gasteiger partial charge in [-0.1, -0.05) is 206 Å². The summed E-state index contributed by atoms with van der Waals surface area (Å²) in [5, 5.41) is 30.9. The Morgan fingerprint density at radius 3 is 1.28 bits per heavy atom. The molecule has 1 heterocycles. The topological polar surface area (TPSA) is 205 Å². The van der Waals surface area contributed by atoms with Gasteiger partial charge in [-0.25, -0.2) is 4.57 Å². The number of carbonyl (C=O) groups excluding carboxylic acids is 3. The number of hydrogen-bond acceptors (Lipinski definition) is 13. The number of esters is 3. The molecule has 0 amide bonds. The van der Waals surface area contributed by atoms with Crippen LogP contribution in [0.25, 0.3) is 0 Å². The number of unbranched alkanes of at least 4 members (excludes halogenated alkanes) is 30. The normalized spacial score (nSPS) is 20.1. The Kier molecular flexibility index (Phi) is 38.1. The van der Waals surface area contributed by atoms with E-state index in [2.05, 4.69) is 13.8 Å². The molecule has 4 N–H and O–H groups in total. The molecule has 0 radical (unpaired) electrons. The first-order valence-corrected chi connectivity index (χ1v) is 27.2. The van der Waals surface area contributed by atoms with E-state index < -0.39 is 82.4 Å². The molecule has 0 bridgehead atoms. The minimum atomic E-state index is -5.07. The molecule has 64 heavy (non-hydrogen) atoms. The molecule has 7 atom stereocenters. The SMILES string of the molecule is CCCCCCCCCCCCCCCCCCCC(=O)OC[C@H](COP(=O)(O)O[C@@H]1O[C@H](COC(C)=O)[C@@H](O)[C@H](O)[C@H]1O)OC(=O)CCCCCCCCCCCCCCCCC. The van der Waals surface area contributed by atoms with Crippen molar-refractivity contribution in [1.29, 1.82) is 0 Å². The second-order valence-corrected chi connectivity index (χ2v) is 19.5. The second kappa shape index (κ2) is 40.4. The Labute approximate surface area is 387 Å². The molecule has 0 aromatic carbocycles. The molecule has 1 aliphatic heterocycles. The van der Waals surface area contributed by atoms with Gasteiger partial charge in [0.2, 0.25) is 0 Å². The van der Waals surface area contributed by atoms with Crippen LogP contribution in [-0.2, 0) is 46.9 Å². The summed E-state index contributed by atoms with van der Waals surface area (Å²) in [6.45, 7) is 3.97. The minimum absolute atomic E-state index is 0.112. The quantitative estimate of drug-likeness (QED) is 0.0194. The molecule has 0 spiro atoms. The number of aliphatic hydroxyl groups excluding tert-OH is 3. The van der Waals surface area contributed by atoms with Gasteiger partial charge in [-0.15, -0.1) is 0 Å². The van der Waals surface area contributed by atoms with Crippen LogP contribution in [-0.4, -0.2) is 94.8 Å². The highest BCUT2D eigenvalue weighted by Crippen LogP contribution is 2.46. The van der Waals surface area contributed by atoms with Crippen molar-refractivity contribution in [3.63, 3.8) is 0 Å². The third-order valence-corrected chi connectivity index (χ3v) is 12.9. The van der Waals surface area contributed by atoms with E-state index >= 15 is 0 Å². The molecule has 14 nitrogen and oxygen atoms in total. The fourth-order valence-electron chi connectivity index (χ4n) is 7.93. The lowest BCUT2D eigenvalue weighted by Crippen LogP contribution is -2.59. The van der Waals surface area contributed by atoms with Crippen LogP contribution in [0.3, 0.4) is 0 Å². The summed E-state index contributed by atoms with van der Waals surface area (Å²) in [7, 11) is -5.07. The molecule has 15 heteroatoms. The Morgan fingerprint density at radius 2 is 0.891 bits per heavy atom. The first-order chi connectivity index (χ1) is 30.9. The zero-order valence-electron chi connectivity index (χ0n) is 40.4. The lowest BCUT2D eigenvalue weighted by molar-refractivity contribution is -0.282. The van der Waals surface area contributed by atoms with Gasteiger partial charge in [0.25, 0.3) is 0 Å². The Morgan fingerprint density at radius 1 is 0.516 bits per heavy atom. The molecular weight excluding hydrogens is 843 g/mol. The van der Waals surface area contributed by atoms with E-state index in [9.17, 15) is 39.2 Å². The fourth-order valence-corrected chi connectivity index (χ4v) is 8.79. The number of carbonyl (C=O) groups is 3. The molecule has 1 saturated heterocycles.